The highest BCUT2D eigenvalue weighted by Gasteiger charge is 2.37. The van der Waals surface area contributed by atoms with Gasteiger partial charge in [-0.3, -0.25) is 4.90 Å². The summed E-state index contributed by atoms with van der Waals surface area (Å²) in [5.74, 6) is 6.35. The highest BCUT2D eigenvalue weighted by molar-refractivity contribution is 7.89. The first-order valence-corrected chi connectivity index (χ1v) is 10.9. The molecule has 0 spiro atoms. The third-order valence-electron chi connectivity index (χ3n) is 4.70. The van der Waals surface area contributed by atoms with Crippen LogP contribution in [0.15, 0.2) is 23.1 Å². The molecule has 1 aromatic carbocycles. The van der Waals surface area contributed by atoms with Crippen LogP contribution >= 0.6 is 0 Å². The smallest absolute Gasteiger partial charge is 0.247 e. The molecule has 1 aromatic rings. The standard InChI is InChI=1S/C20H31N3O4S/c1-15-13-23(16(2)14-24)28(25,26)20-9-8-17(7-6-10-22(4)5)11-18(20)27-19(15)12-21-3/h8-9,11,15-16,19,21,24H,10,12-14H2,1-5H3/t15-,16+,19-/m0/s1. The molecule has 0 bridgehead atoms. The van der Waals surface area contributed by atoms with Crippen molar-refractivity contribution in [2.75, 3.05) is 47.4 Å². The average molecular weight is 410 g/mol. The third kappa shape index (κ3) is 5.25. The molecule has 28 heavy (non-hydrogen) atoms. The van der Waals surface area contributed by atoms with Crippen molar-refractivity contribution in [3.63, 3.8) is 0 Å². The molecule has 0 saturated heterocycles. The summed E-state index contributed by atoms with van der Waals surface area (Å²) >= 11 is 0. The molecule has 0 radical (unpaired) electrons. The molecule has 1 heterocycles. The van der Waals surface area contributed by atoms with E-state index in [9.17, 15) is 13.5 Å². The molecular formula is C20H31N3O4S. The summed E-state index contributed by atoms with van der Waals surface area (Å²) in [5.41, 5.74) is 0.703. The molecule has 0 amide bonds. The summed E-state index contributed by atoms with van der Waals surface area (Å²) in [7, 11) is 1.90. The quantitative estimate of drug-likeness (QED) is 0.693. The van der Waals surface area contributed by atoms with Gasteiger partial charge in [0.2, 0.25) is 10.0 Å². The number of benzene rings is 1. The van der Waals surface area contributed by atoms with E-state index >= 15 is 0 Å². The zero-order valence-corrected chi connectivity index (χ0v) is 18.1. The molecule has 0 fully saturated rings. The molecular weight excluding hydrogens is 378 g/mol. The van der Waals surface area contributed by atoms with E-state index < -0.39 is 16.1 Å². The van der Waals surface area contributed by atoms with E-state index in [0.29, 0.717) is 24.4 Å². The zero-order valence-electron chi connectivity index (χ0n) is 17.3. The lowest BCUT2D eigenvalue weighted by molar-refractivity contribution is 0.103. The Kier molecular flexibility index (Phi) is 7.87. The number of aliphatic hydroxyl groups is 1. The number of ether oxygens (including phenoxy) is 1. The Morgan fingerprint density at radius 1 is 1.43 bits per heavy atom. The molecule has 8 heteroatoms. The number of hydrogen-bond acceptors (Lipinski definition) is 6. The first kappa shape index (κ1) is 22.7. The normalized spacial score (nSPS) is 23.0. The van der Waals surface area contributed by atoms with Gasteiger partial charge in [0.25, 0.3) is 0 Å². The molecule has 0 unspecified atom stereocenters. The van der Waals surface area contributed by atoms with Gasteiger partial charge in [-0.05, 0) is 46.3 Å². The largest absolute Gasteiger partial charge is 0.487 e. The van der Waals surface area contributed by atoms with Gasteiger partial charge in [-0.25, -0.2) is 8.42 Å². The highest BCUT2D eigenvalue weighted by Crippen LogP contribution is 2.33. The van der Waals surface area contributed by atoms with Crippen molar-refractivity contribution in [1.29, 1.82) is 0 Å². The van der Waals surface area contributed by atoms with Crippen LogP contribution in [0.4, 0.5) is 0 Å². The maximum Gasteiger partial charge on any atom is 0.247 e. The van der Waals surface area contributed by atoms with Crippen LogP contribution in [0.25, 0.3) is 0 Å². The van der Waals surface area contributed by atoms with Crippen molar-refractivity contribution in [3.8, 4) is 17.6 Å². The van der Waals surface area contributed by atoms with Gasteiger partial charge in [0, 0.05) is 30.6 Å². The maximum atomic E-state index is 13.3. The van der Waals surface area contributed by atoms with Gasteiger partial charge in [0.15, 0.2) is 0 Å². The van der Waals surface area contributed by atoms with Crippen LogP contribution in [0.2, 0.25) is 0 Å². The Hall–Kier alpha value is -1.63. The Balaban J connectivity index is 2.54. The van der Waals surface area contributed by atoms with E-state index in [-0.39, 0.29) is 30.1 Å². The van der Waals surface area contributed by atoms with E-state index in [4.69, 9.17) is 4.74 Å². The van der Waals surface area contributed by atoms with E-state index in [1.54, 1.807) is 25.1 Å². The minimum Gasteiger partial charge on any atom is -0.487 e. The zero-order chi connectivity index (χ0) is 20.9. The van der Waals surface area contributed by atoms with Crippen molar-refractivity contribution in [2.45, 2.75) is 30.9 Å². The fraction of sp³-hybridized carbons (Fsp3) is 0.600. The molecule has 7 nitrogen and oxygen atoms in total. The second-order valence-corrected chi connectivity index (χ2v) is 9.36. The lowest BCUT2D eigenvalue weighted by Crippen LogP contribution is -2.49. The SMILES string of the molecule is CNC[C@@H]1Oc2cc(C#CCN(C)C)ccc2S(=O)(=O)N([C@H](C)CO)C[C@@H]1C. The second-order valence-electron chi connectivity index (χ2n) is 7.50. The molecule has 1 aliphatic rings. The predicted octanol–water partition coefficient (Wildman–Crippen LogP) is 0.588. The number of rotatable bonds is 5. The van der Waals surface area contributed by atoms with Gasteiger partial charge in [-0.1, -0.05) is 18.8 Å². The van der Waals surface area contributed by atoms with Crippen LogP contribution in [-0.4, -0.2) is 82.3 Å². The number of fused-ring (bicyclic) bond motifs is 1. The number of hydrogen-bond donors (Lipinski definition) is 2. The lowest BCUT2D eigenvalue weighted by Gasteiger charge is -2.36. The van der Waals surface area contributed by atoms with Gasteiger partial charge >= 0.3 is 0 Å². The van der Waals surface area contributed by atoms with Crippen LogP contribution in [0.5, 0.6) is 5.75 Å². The minimum absolute atomic E-state index is 0.0622. The van der Waals surface area contributed by atoms with Crippen LogP contribution in [0, 0.1) is 17.8 Å². The predicted molar refractivity (Wildman–Crippen MR) is 110 cm³/mol. The molecule has 3 atom stereocenters. The molecule has 0 saturated carbocycles. The summed E-state index contributed by atoms with van der Waals surface area (Å²) in [6, 6.07) is 4.42. The Bertz CT molecular complexity index is 830. The Labute approximate surface area is 168 Å². The van der Waals surface area contributed by atoms with Crippen molar-refractivity contribution < 1.29 is 18.3 Å². The average Bonchev–Trinajstić information content (AvgIpc) is 2.63. The van der Waals surface area contributed by atoms with Gasteiger partial charge in [-0.15, -0.1) is 0 Å². The minimum atomic E-state index is -3.80. The number of likely N-dealkylation sites (N-methyl/N-ethyl adjacent to an activating group) is 1. The number of aliphatic hydroxyl groups excluding tert-OH is 1. The summed E-state index contributed by atoms with van der Waals surface area (Å²) in [4.78, 5) is 2.07. The molecule has 0 aliphatic carbocycles. The first-order valence-electron chi connectivity index (χ1n) is 9.42. The van der Waals surface area contributed by atoms with Gasteiger partial charge in [-0.2, -0.15) is 4.31 Å². The lowest BCUT2D eigenvalue weighted by atomic mass is 10.0. The molecule has 2 N–H and O–H groups in total. The number of nitrogens with zero attached hydrogens (tertiary/aromatic N) is 2. The van der Waals surface area contributed by atoms with E-state index in [1.807, 2.05) is 33.0 Å². The summed E-state index contributed by atoms with van der Waals surface area (Å²) < 4.78 is 34.1. The number of sulfonamides is 1. The van der Waals surface area contributed by atoms with Crippen molar-refractivity contribution in [3.05, 3.63) is 23.8 Å². The third-order valence-corrected chi connectivity index (χ3v) is 6.72. The Morgan fingerprint density at radius 2 is 2.14 bits per heavy atom. The van der Waals surface area contributed by atoms with Crippen LogP contribution < -0.4 is 10.1 Å². The summed E-state index contributed by atoms with van der Waals surface area (Å²) in [6.45, 7) is 4.89. The number of nitrogens with one attached hydrogen (secondary N) is 1. The van der Waals surface area contributed by atoms with Crippen molar-refractivity contribution in [2.24, 2.45) is 5.92 Å². The molecule has 0 aromatic heterocycles. The summed E-state index contributed by atoms with van der Waals surface area (Å²) in [5, 5.41) is 12.7. The Morgan fingerprint density at radius 3 is 2.75 bits per heavy atom. The van der Waals surface area contributed by atoms with E-state index in [2.05, 4.69) is 17.2 Å². The van der Waals surface area contributed by atoms with Crippen LogP contribution in [0.1, 0.15) is 19.4 Å². The summed E-state index contributed by atoms with van der Waals surface area (Å²) in [6.07, 6.45) is -0.211. The second kappa shape index (κ2) is 9.72. The maximum absolute atomic E-state index is 13.3. The van der Waals surface area contributed by atoms with Crippen molar-refractivity contribution >= 4 is 10.0 Å². The van der Waals surface area contributed by atoms with Gasteiger partial charge < -0.3 is 15.2 Å². The molecule has 1 aliphatic heterocycles. The fourth-order valence-corrected chi connectivity index (χ4v) is 4.87. The monoisotopic (exact) mass is 409 g/mol. The molecule has 156 valence electrons. The topological polar surface area (TPSA) is 82.1 Å². The van der Waals surface area contributed by atoms with E-state index in [0.717, 1.165) is 0 Å². The first-order chi connectivity index (χ1) is 13.2. The van der Waals surface area contributed by atoms with E-state index in [1.165, 1.54) is 4.31 Å². The van der Waals surface area contributed by atoms with Gasteiger partial charge in [0.1, 0.15) is 16.7 Å². The molecule has 2 rings (SSSR count). The van der Waals surface area contributed by atoms with Crippen LogP contribution in [0.3, 0.4) is 0 Å². The van der Waals surface area contributed by atoms with Crippen LogP contribution in [-0.2, 0) is 10.0 Å². The highest BCUT2D eigenvalue weighted by atomic mass is 32.2. The van der Waals surface area contributed by atoms with Crippen molar-refractivity contribution in [1.82, 2.24) is 14.5 Å². The fourth-order valence-electron chi connectivity index (χ4n) is 3.05. The van der Waals surface area contributed by atoms with Gasteiger partial charge in [0.05, 0.1) is 13.2 Å².